The van der Waals surface area contributed by atoms with Crippen LogP contribution in [0.15, 0.2) is 66.7 Å². The van der Waals surface area contributed by atoms with E-state index in [2.05, 4.69) is 5.32 Å². The Morgan fingerprint density at radius 2 is 1.88 bits per heavy atom. The first-order valence-electron chi connectivity index (χ1n) is 10.4. The second kappa shape index (κ2) is 10.0. The van der Waals surface area contributed by atoms with Crippen molar-refractivity contribution < 1.29 is 28.2 Å². The molecule has 0 radical (unpaired) electrons. The van der Waals surface area contributed by atoms with Crippen LogP contribution < -0.4 is 24.4 Å². The van der Waals surface area contributed by atoms with Crippen molar-refractivity contribution in [2.45, 2.75) is 6.42 Å². The SMILES string of the molecule is COc1ccc(OCCCN2C(=O)COc3ccc(NC(=O)c4cccc(F)c4)cc32)cc1. The first-order chi connectivity index (χ1) is 16.0. The summed E-state index contributed by atoms with van der Waals surface area (Å²) in [5, 5.41) is 2.73. The molecule has 1 heterocycles. The number of nitrogens with one attached hydrogen (secondary N) is 1. The van der Waals surface area contributed by atoms with Gasteiger partial charge in [0.1, 0.15) is 23.1 Å². The summed E-state index contributed by atoms with van der Waals surface area (Å²) in [5.74, 6) is 0.895. The third-order valence-electron chi connectivity index (χ3n) is 5.10. The van der Waals surface area contributed by atoms with E-state index in [4.69, 9.17) is 14.2 Å². The van der Waals surface area contributed by atoms with Gasteiger partial charge in [-0.05, 0) is 67.1 Å². The maximum Gasteiger partial charge on any atom is 0.265 e. The molecular weight excluding hydrogens is 427 g/mol. The first kappa shape index (κ1) is 22.1. The number of carbonyl (C=O) groups excluding carboxylic acids is 2. The standard InChI is InChI=1S/C25H23FN2O5/c1-31-20-7-9-21(10-8-20)32-13-3-12-28-22-15-19(6-11-23(22)33-16-24(28)29)27-25(30)17-4-2-5-18(26)14-17/h2,4-11,14-15H,3,12-13,16H2,1H3,(H,27,30). The number of hydrogen-bond acceptors (Lipinski definition) is 5. The number of benzene rings is 3. The third-order valence-corrected chi connectivity index (χ3v) is 5.10. The van der Waals surface area contributed by atoms with Crippen molar-refractivity contribution in [1.29, 1.82) is 0 Å². The van der Waals surface area contributed by atoms with Crippen LogP contribution in [0.25, 0.3) is 0 Å². The van der Waals surface area contributed by atoms with E-state index in [1.807, 2.05) is 24.3 Å². The number of halogens is 1. The summed E-state index contributed by atoms with van der Waals surface area (Å²) < 4.78 is 29.8. The Kier molecular flexibility index (Phi) is 6.73. The molecule has 1 N–H and O–H groups in total. The van der Waals surface area contributed by atoms with Crippen LogP contribution >= 0.6 is 0 Å². The normalized spacial score (nSPS) is 12.5. The number of nitrogens with zero attached hydrogens (tertiary/aromatic N) is 1. The van der Waals surface area contributed by atoms with Gasteiger partial charge in [0.15, 0.2) is 6.61 Å². The van der Waals surface area contributed by atoms with Gasteiger partial charge in [0.2, 0.25) is 0 Å². The smallest absolute Gasteiger partial charge is 0.265 e. The zero-order valence-electron chi connectivity index (χ0n) is 18.0. The summed E-state index contributed by atoms with van der Waals surface area (Å²) in [7, 11) is 1.60. The molecule has 0 aliphatic carbocycles. The van der Waals surface area contributed by atoms with Crippen molar-refractivity contribution in [2.75, 3.05) is 37.1 Å². The Morgan fingerprint density at radius 3 is 2.64 bits per heavy atom. The molecule has 0 atom stereocenters. The van der Waals surface area contributed by atoms with Crippen molar-refractivity contribution in [3.63, 3.8) is 0 Å². The van der Waals surface area contributed by atoms with Crippen LogP contribution in [0.2, 0.25) is 0 Å². The van der Waals surface area contributed by atoms with Gasteiger partial charge in [0.05, 0.1) is 19.4 Å². The molecule has 0 bridgehead atoms. The predicted molar refractivity (Wildman–Crippen MR) is 122 cm³/mol. The fraction of sp³-hybridized carbons (Fsp3) is 0.200. The van der Waals surface area contributed by atoms with Gasteiger partial charge < -0.3 is 24.4 Å². The number of methoxy groups -OCH3 is 1. The van der Waals surface area contributed by atoms with Crippen LogP contribution in [0, 0.1) is 5.82 Å². The summed E-state index contributed by atoms with van der Waals surface area (Å²) in [4.78, 5) is 26.6. The number of anilines is 2. The van der Waals surface area contributed by atoms with Crippen LogP contribution in [0.4, 0.5) is 15.8 Å². The highest BCUT2D eigenvalue weighted by Gasteiger charge is 2.25. The number of carbonyl (C=O) groups is 2. The third kappa shape index (κ3) is 5.41. The molecule has 1 aliphatic heterocycles. The molecule has 0 spiro atoms. The lowest BCUT2D eigenvalue weighted by Crippen LogP contribution is -2.39. The maximum absolute atomic E-state index is 13.4. The minimum Gasteiger partial charge on any atom is -0.497 e. The van der Waals surface area contributed by atoms with Crippen LogP contribution in [0.3, 0.4) is 0 Å². The second-order valence-electron chi connectivity index (χ2n) is 7.36. The van der Waals surface area contributed by atoms with E-state index in [1.165, 1.54) is 18.2 Å². The summed E-state index contributed by atoms with van der Waals surface area (Å²) in [6, 6.07) is 17.8. The molecule has 0 fully saturated rings. The molecule has 8 heteroatoms. The topological polar surface area (TPSA) is 77.1 Å². The maximum atomic E-state index is 13.4. The van der Waals surface area contributed by atoms with Crippen LogP contribution in [0.5, 0.6) is 17.2 Å². The van der Waals surface area contributed by atoms with Crippen molar-refractivity contribution in [3.05, 3.63) is 78.1 Å². The molecule has 0 aromatic heterocycles. The molecule has 170 valence electrons. The molecule has 0 unspecified atom stereocenters. The average molecular weight is 450 g/mol. The van der Waals surface area contributed by atoms with Crippen LogP contribution in [-0.4, -0.2) is 38.7 Å². The fourth-order valence-corrected chi connectivity index (χ4v) is 3.44. The van der Waals surface area contributed by atoms with Gasteiger partial charge in [-0.2, -0.15) is 0 Å². The minimum atomic E-state index is -0.491. The van der Waals surface area contributed by atoms with E-state index in [0.717, 1.165) is 11.8 Å². The summed E-state index contributed by atoms with van der Waals surface area (Å²) in [6.45, 7) is 0.788. The van der Waals surface area contributed by atoms with Crippen LogP contribution in [0.1, 0.15) is 16.8 Å². The van der Waals surface area contributed by atoms with Gasteiger partial charge in [-0.1, -0.05) is 6.07 Å². The molecule has 1 aliphatic rings. The Bertz CT molecular complexity index is 1150. The van der Waals surface area contributed by atoms with E-state index in [9.17, 15) is 14.0 Å². The molecule has 2 amide bonds. The lowest BCUT2D eigenvalue weighted by molar-refractivity contribution is -0.121. The molecule has 3 aromatic carbocycles. The van der Waals surface area contributed by atoms with Crippen molar-refractivity contribution >= 4 is 23.2 Å². The first-order valence-corrected chi connectivity index (χ1v) is 10.4. The number of ether oxygens (including phenoxy) is 3. The van der Waals surface area contributed by atoms with Crippen molar-refractivity contribution in [2.24, 2.45) is 0 Å². The zero-order valence-corrected chi connectivity index (χ0v) is 18.0. The van der Waals surface area contributed by atoms with Gasteiger partial charge in [-0.25, -0.2) is 4.39 Å². The average Bonchev–Trinajstić information content (AvgIpc) is 2.83. The summed E-state index contributed by atoms with van der Waals surface area (Å²) in [6.07, 6.45) is 0.594. The Morgan fingerprint density at radius 1 is 1.09 bits per heavy atom. The lowest BCUT2D eigenvalue weighted by Gasteiger charge is -2.30. The fourth-order valence-electron chi connectivity index (χ4n) is 3.44. The van der Waals surface area contributed by atoms with E-state index in [1.54, 1.807) is 30.2 Å². The van der Waals surface area contributed by atoms with Gasteiger partial charge in [-0.3, -0.25) is 9.59 Å². The molecule has 33 heavy (non-hydrogen) atoms. The molecule has 0 saturated carbocycles. The van der Waals surface area contributed by atoms with E-state index >= 15 is 0 Å². The Labute approximate surface area is 190 Å². The number of hydrogen-bond donors (Lipinski definition) is 1. The highest BCUT2D eigenvalue weighted by Crippen LogP contribution is 2.35. The zero-order chi connectivity index (χ0) is 23.2. The van der Waals surface area contributed by atoms with Gasteiger partial charge >= 0.3 is 0 Å². The van der Waals surface area contributed by atoms with Gasteiger partial charge in [0, 0.05) is 17.8 Å². The van der Waals surface area contributed by atoms with E-state index in [-0.39, 0.29) is 18.1 Å². The number of rotatable bonds is 8. The summed E-state index contributed by atoms with van der Waals surface area (Å²) >= 11 is 0. The monoisotopic (exact) mass is 450 g/mol. The van der Waals surface area contributed by atoms with E-state index < -0.39 is 11.7 Å². The van der Waals surface area contributed by atoms with Gasteiger partial charge in [-0.15, -0.1) is 0 Å². The minimum absolute atomic E-state index is 0.0542. The number of amides is 2. The largest absolute Gasteiger partial charge is 0.497 e. The molecule has 0 saturated heterocycles. The highest BCUT2D eigenvalue weighted by molar-refractivity contribution is 6.05. The highest BCUT2D eigenvalue weighted by atomic mass is 19.1. The lowest BCUT2D eigenvalue weighted by atomic mass is 10.1. The quantitative estimate of drug-likeness (QED) is 0.519. The molecule has 4 rings (SSSR count). The van der Waals surface area contributed by atoms with Gasteiger partial charge in [0.25, 0.3) is 11.8 Å². The Hall–Kier alpha value is -4.07. The molecule has 7 nitrogen and oxygen atoms in total. The van der Waals surface area contributed by atoms with Crippen molar-refractivity contribution in [3.8, 4) is 17.2 Å². The van der Waals surface area contributed by atoms with Crippen LogP contribution in [-0.2, 0) is 4.79 Å². The second-order valence-corrected chi connectivity index (χ2v) is 7.36. The molecular formula is C25H23FN2O5. The van der Waals surface area contributed by atoms with E-state index in [0.29, 0.717) is 42.4 Å². The van der Waals surface area contributed by atoms with Crippen molar-refractivity contribution in [1.82, 2.24) is 0 Å². The predicted octanol–water partition coefficient (Wildman–Crippen LogP) is 4.28. The Balaban J connectivity index is 1.40. The summed E-state index contributed by atoms with van der Waals surface area (Å²) in [5.41, 5.74) is 1.24. The number of fused-ring (bicyclic) bond motifs is 1. The molecule has 3 aromatic rings.